The maximum atomic E-state index is 5.79. The molecule has 0 saturated heterocycles. The lowest BCUT2D eigenvalue weighted by atomic mass is 10.1. The largest absolute Gasteiger partial charge is 1.00 e. The highest BCUT2D eigenvalue weighted by Crippen LogP contribution is 2.24. The Morgan fingerprint density at radius 1 is 1.07 bits per heavy atom. The van der Waals surface area contributed by atoms with Crippen LogP contribution in [-0.2, 0) is 6.42 Å². The predicted octanol–water partition coefficient (Wildman–Crippen LogP) is 0.886. The van der Waals surface area contributed by atoms with E-state index in [1.165, 1.54) is 28.3 Å². The average molecular weight is 413 g/mol. The lowest BCUT2D eigenvalue weighted by molar-refractivity contribution is -0.431. The van der Waals surface area contributed by atoms with Gasteiger partial charge in [-0.25, -0.2) is 0 Å². The Balaban J connectivity index is 0.00000225. The van der Waals surface area contributed by atoms with Crippen molar-refractivity contribution in [2.75, 3.05) is 5.75 Å². The molecule has 2 aromatic heterocycles. The lowest BCUT2D eigenvalue weighted by Crippen LogP contribution is -3.00. The van der Waals surface area contributed by atoms with Gasteiger partial charge in [0.05, 0.1) is 0 Å². The summed E-state index contributed by atoms with van der Waals surface area (Å²) in [5.41, 5.74) is 7.73. The van der Waals surface area contributed by atoms with E-state index in [0.717, 1.165) is 17.7 Å². The molecule has 2 aromatic carbocycles. The molecule has 1 atom stereocenters. The minimum atomic E-state index is -0.0779. The number of aromatic amines is 1. The molecule has 2 heterocycles. The Kier molecular flexibility index (Phi) is 6.92. The van der Waals surface area contributed by atoms with E-state index in [1.54, 1.807) is 0 Å². The number of quaternary nitrogens is 1. The number of nitrogens with one attached hydrogen (secondary N) is 1. The molecule has 144 valence electrons. The van der Waals surface area contributed by atoms with Crippen LogP contribution in [0.15, 0.2) is 76.5 Å². The van der Waals surface area contributed by atoms with Gasteiger partial charge in [-0.05, 0) is 17.2 Å². The Hall–Kier alpha value is -2.54. The van der Waals surface area contributed by atoms with Gasteiger partial charge >= 0.3 is 0 Å². The molecule has 0 saturated carbocycles. The molecule has 0 spiro atoms. The third kappa shape index (κ3) is 4.84. The first kappa shape index (κ1) is 20.2. The van der Waals surface area contributed by atoms with Crippen LogP contribution in [-0.4, -0.2) is 20.9 Å². The molecular weight excluding hydrogens is 392 g/mol. The summed E-state index contributed by atoms with van der Waals surface area (Å²) in [6.45, 7) is 0. The van der Waals surface area contributed by atoms with Gasteiger partial charge in [0.2, 0.25) is 0 Å². The number of halogens is 1. The molecule has 4 rings (SSSR count). The molecule has 0 aliphatic carbocycles. The molecule has 7 heteroatoms. The van der Waals surface area contributed by atoms with E-state index < -0.39 is 0 Å². The van der Waals surface area contributed by atoms with Gasteiger partial charge < -0.3 is 27.5 Å². The van der Waals surface area contributed by atoms with E-state index in [4.69, 9.17) is 4.42 Å². The first-order valence-electron chi connectivity index (χ1n) is 8.85. The monoisotopic (exact) mass is 412 g/mol. The van der Waals surface area contributed by atoms with Crippen molar-refractivity contribution in [3.05, 3.63) is 83.9 Å². The van der Waals surface area contributed by atoms with E-state index in [1.807, 2.05) is 36.5 Å². The minimum Gasteiger partial charge on any atom is -1.00 e. The summed E-state index contributed by atoms with van der Waals surface area (Å²) in [5.74, 6) is 1.36. The van der Waals surface area contributed by atoms with Gasteiger partial charge in [-0.2, -0.15) is 0 Å². The second-order valence-electron chi connectivity index (χ2n) is 6.29. The standard InChI is InChI=1S/C21H20N4OS.ClH/c22-18(13-16-14-23-19-11-5-4-10-17(16)19)20-24-25-21(26-20)27-12-6-9-15-7-2-1-3-8-15;/h1-11,14,18,23H,12-13,22H2;1H/b9-6+;/t18-;/m0./s1. The molecular formula is C21H21ClN4OS. The van der Waals surface area contributed by atoms with Crippen molar-refractivity contribution in [1.82, 2.24) is 15.2 Å². The summed E-state index contributed by atoms with van der Waals surface area (Å²) in [5, 5.41) is 10.1. The minimum absolute atomic E-state index is 0. The zero-order chi connectivity index (χ0) is 18.5. The Morgan fingerprint density at radius 3 is 2.71 bits per heavy atom. The fourth-order valence-corrected chi connectivity index (χ4v) is 3.54. The van der Waals surface area contributed by atoms with Gasteiger partial charge in [-0.3, -0.25) is 0 Å². The van der Waals surface area contributed by atoms with E-state index in [0.29, 0.717) is 11.1 Å². The molecule has 5 nitrogen and oxygen atoms in total. The number of fused-ring (bicyclic) bond motifs is 1. The number of thioether (sulfide) groups is 1. The molecule has 0 bridgehead atoms. The van der Waals surface area contributed by atoms with Crippen LogP contribution in [0.1, 0.15) is 23.1 Å². The zero-order valence-electron chi connectivity index (χ0n) is 15.2. The zero-order valence-corrected chi connectivity index (χ0v) is 16.8. The first-order valence-corrected chi connectivity index (χ1v) is 9.84. The highest BCUT2D eigenvalue weighted by Gasteiger charge is 2.20. The number of para-hydroxylation sites is 1. The molecule has 0 fully saturated rings. The van der Waals surface area contributed by atoms with E-state index >= 15 is 0 Å². The van der Waals surface area contributed by atoms with Gasteiger partial charge in [0.15, 0.2) is 6.04 Å². The molecule has 4 aromatic rings. The van der Waals surface area contributed by atoms with Crippen molar-refractivity contribution >= 4 is 28.7 Å². The topological polar surface area (TPSA) is 82.4 Å². The fourth-order valence-electron chi connectivity index (χ4n) is 2.96. The van der Waals surface area contributed by atoms with Crippen molar-refractivity contribution in [3.8, 4) is 0 Å². The maximum Gasteiger partial charge on any atom is 0.277 e. The van der Waals surface area contributed by atoms with Gasteiger partial charge in [-0.1, -0.05) is 72.4 Å². The number of H-pyrrole nitrogens is 1. The number of hydrogen-bond acceptors (Lipinski definition) is 4. The van der Waals surface area contributed by atoms with Crippen LogP contribution >= 0.6 is 11.8 Å². The van der Waals surface area contributed by atoms with Gasteiger partial charge in [0.25, 0.3) is 11.1 Å². The predicted molar refractivity (Wildman–Crippen MR) is 108 cm³/mol. The van der Waals surface area contributed by atoms with Crippen LogP contribution in [0.2, 0.25) is 0 Å². The number of benzene rings is 2. The number of nitrogens with zero attached hydrogens (tertiary/aromatic N) is 2. The van der Waals surface area contributed by atoms with Crippen molar-refractivity contribution in [2.45, 2.75) is 17.7 Å². The maximum absolute atomic E-state index is 5.79. The first-order chi connectivity index (χ1) is 13.3. The molecule has 0 aliphatic rings. The lowest BCUT2D eigenvalue weighted by Gasteiger charge is -2.02. The van der Waals surface area contributed by atoms with Crippen LogP contribution in [0.25, 0.3) is 17.0 Å². The van der Waals surface area contributed by atoms with Crippen molar-refractivity contribution in [2.24, 2.45) is 0 Å². The fraction of sp³-hybridized carbons (Fsp3) is 0.143. The summed E-state index contributed by atoms with van der Waals surface area (Å²) in [6.07, 6.45) is 6.97. The summed E-state index contributed by atoms with van der Waals surface area (Å²) >= 11 is 1.53. The third-order valence-corrected chi connectivity index (χ3v) is 5.10. The van der Waals surface area contributed by atoms with E-state index in [2.05, 4.69) is 57.3 Å². The van der Waals surface area contributed by atoms with Crippen LogP contribution in [0, 0.1) is 0 Å². The summed E-state index contributed by atoms with van der Waals surface area (Å²) in [7, 11) is 0. The number of hydrogen-bond donors (Lipinski definition) is 2. The second kappa shape index (κ2) is 9.59. The highest BCUT2D eigenvalue weighted by atomic mass is 35.5. The summed E-state index contributed by atoms with van der Waals surface area (Å²) < 4.78 is 5.79. The van der Waals surface area contributed by atoms with Gasteiger partial charge in [-0.15, -0.1) is 10.2 Å². The van der Waals surface area contributed by atoms with Crippen LogP contribution < -0.4 is 18.1 Å². The van der Waals surface area contributed by atoms with Crippen LogP contribution in [0.4, 0.5) is 0 Å². The molecule has 0 aliphatic heterocycles. The molecule has 28 heavy (non-hydrogen) atoms. The Morgan fingerprint density at radius 2 is 1.86 bits per heavy atom. The van der Waals surface area contributed by atoms with Crippen molar-refractivity contribution in [3.63, 3.8) is 0 Å². The van der Waals surface area contributed by atoms with E-state index in [-0.39, 0.29) is 18.4 Å². The molecule has 0 amide bonds. The number of aromatic nitrogens is 3. The number of rotatable bonds is 7. The van der Waals surface area contributed by atoms with Crippen molar-refractivity contribution in [1.29, 1.82) is 0 Å². The normalized spacial score (nSPS) is 12.3. The smallest absolute Gasteiger partial charge is 0.277 e. The third-order valence-electron chi connectivity index (χ3n) is 4.33. The average Bonchev–Trinajstić information content (AvgIpc) is 3.34. The molecule has 4 N–H and O–H groups in total. The molecule has 0 unspecified atom stereocenters. The second-order valence-corrected chi connectivity index (χ2v) is 7.26. The Bertz CT molecular complexity index is 1040. The summed E-state index contributed by atoms with van der Waals surface area (Å²) in [4.78, 5) is 3.29. The SMILES string of the molecule is [Cl-].[NH3+][C@@H](Cc1c[nH]c2ccccc12)c1nnc(SC/C=C/c2ccccc2)o1. The van der Waals surface area contributed by atoms with Crippen LogP contribution in [0.3, 0.4) is 0 Å². The molecule has 0 radical (unpaired) electrons. The van der Waals surface area contributed by atoms with Gasteiger partial charge in [0.1, 0.15) is 0 Å². The highest BCUT2D eigenvalue weighted by molar-refractivity contribution is 7.99. The van der Waals surface area contributed by atoms with E-state index in [9.17, 15) is 0 Å². The van der Waals surface area contributed by atoms with Crippen molar-refractivity contribution < 1.29 is 22.6 Å². The van der Waals surface area contributed by atoms with Crippen LogP contribution in [0.5, 0.6) is 0 Å². The Labute approximate surface area is 173 Å². The quantitative estimate of drug-likeness (QED) is 0.441. The summed E-state index contributed by atoms with van der Waals surface area (Å²) in [6, 6.07) is 18.4. The van der Waals surface area contributed by atoms with Gasteiger partial charge in [0, 0.05) is 29.3 Å².